The second-order valence-electron chi connectivity index (χ2n) is 4.16. The highest BCUT2D eigenvalue weighted by molar-refractivity contribution is 5.27. The Hall–Kier alpha value is -1.06. The van der Waals surface area contributed by atoms with E-state index in [4.69, 9.17) is 9.84 Å². The number of hydrogen-bond acceptors (Lipinski definition) is 3. The molecule has 0 radical (unpaired) electrons. The molecule has 1 unspecified atom stereocenters. The molecular weight excluding hydrogens is 214 g/mol. The zero-order valence-electron chi connectivity index (χ0n) is 10.8. The lowest BCUT2D eigenvalue weighted by atomic mass is 10.2. The molecule has 0 bridgehead atoms. The Morgan fingerprint density at radius 1 is 1.24 bits per heavy atom. The smallest absolute Gasteiger partial charge is 0.119 e. The highest BCUT2D eigenvalue weighted by atomic mass is 16.5. The molecule has 0 aliphatic heterocycles. The molecule has 0 amide bonds. The molecule has 96 valence electrons. The van der Waals surface area contributed by atoms with Gasteiger partial charge in [-0.15, -0.1) is 0 Å². The number of rotatable bonds is 8. The zero-order valence-corrected chi connectivity index (χ0v) is 10.8. The predicted molar refractivity (Wildman–Crippen MR) is 70.2 cm³/mol. The Labute approximate surface area is 104 Å². The van der Waals surface area contributed by atoms with Gasteiger partial charge in [0, 0.05) is 12.6 Å². The van der Waals surface area contributed by atoms with Gasteiger partial charge < -0.3 is 15.2 Å². The van der Waals surface area contributed by atoms with Gasteiger partial charge in [-0.3, -0.25) is 0 Å². The van der Waals surface area contributed by atoms with Crippen LogP contribution in [-0.2, 0) is 6.54 Å². The lowest BCUT2D eigenvalue weighted by Crippen LogP contribution is -2.31. The van der Waals surface area contributed by atoms with Crippen molar-refractivity contribution in [2.24, 2.45) is 0 Å². The fourth-order valence-electron chi connectivity index (χ4n) is 1.52. The van der Waals surface area contributed by atoms with Crippen molar-refractivity contribution in [3.63, 3.8) is 0 Å². The third kappa shape index (κ3) is 5.20. The van der Waals surface area contributed by atoms with E-state index in [0.717, 1.165) is 31.7 Å². The van der Waals surface area contributed by atoms with E-state index in [0.29, 0.717) is 0 Å². The van der Waals surface area contributed by atoms with Gasteiger partial charge in [-0.25, -0.2) is 0 Å². The maximum Gasteiger partial charge on any atom is 0.119 e. The monoisotopic (exact) mass is 237 g/mol. The second-order valence-corrected chi connectivity index (χ2v) is 4.16. The number of benzene rings is 1. The van der Waals surface area contributed by atoms with Crippen molar-refractivity contribution >= 4 is 0 Å². The van der Waals surface area contributed by atoms with Crippen molar-refractivity contribution in [3.8, 4) is 5.75 Å². The largest absolute Gasteiger partial charge is 0.494 e. The third-order valence-electron chi connectivity index (χ3n) is 2.70. The second kappa shape index (κ2) is 8.09. The number of aliphatic hydroxyl groups excluding tert-OH is 1. The minimum Gasteiger partial charge on any atom is -0.494 e. The quantitative estimate of drug-likeness (QED) is 0.729. The van der Waals surface area contributed by atoms with E-state index in [2.05, 4.69) is 31.3 Å². The molecule has 17 heavy (non-hydrogen) atoms. The van der Waals surface area contributed by atoms with Gasteiger partial charge in [-0.05, 0) is 30.5 Å². The van der Waals surface area contributed by atoms with Crippen molar-refractivity contribution in [2.45, 2.75) is 39.3 Å². The molecular formula is C14H23NO2. The number of ether oxygens (including phenoxy) is 1. The summed E-state index contributed by atoms with van der Waals surface area (Å²) in [7, 11) is 0. The van der Waals surface area contributed by atoms with Gasteiger partial charge in [0.25, 0.3) is 0 Å². The molecule has 2 N–H and O–H groups in total. The molecule has 0 aliphatic carbocycles. The summed E-state index contributed by atoms with van der Waals surface area (Å²) in [6, 6.07) is 8.29. The van der Waals surface area contributed by atoms with Gasteiger partial charge in [0.1, 0.15) is 5.75 Å². The summed E-state index contributed by atoms with van der Waals surface area (Å²) in [6.45, 7) is 5.90. The van der Waals surface area contributed by atoms with Crippen molar-refractivity contribution in [1.82, 2.24) is 5.32 Å². The van der Waals surface area contributed by atoms with E-state index in [1.165, 1.54) is 5.56 Å². The molecule has 1 aromatic carbocycles. The van der Waals surface area contributed by atoms with Crippen LogP contribution >= 0.6 is 0 Å². The molecule has 3 nitrogen and oxygen atoms in total. The summed E-state index contributed by atoms with van der Waals surface area (Å²) < 4.78 is 5.52. The number of nitrogens with one attached hydrogen (secondary N) is 1. The average molecular weight is 237 g/mol. The van der Waals surface area contributed by atoms with Gasteiger partial charge in [0.2, 0.25) is 0 Å². The van der Waals surface area contributed by atoms with E-state index in [9.17, 15) is 0 Å². The SMILES string of the molecule is CCCOc1ccc(CNC(CC)CO)cc1. The minimum atomic E-state index is 0.186. The number of aliphatic hydroxyl groups is 1. The van der Waals surface area contributed by atoms with E-state index in [1.807, 2.05) is 12.1 Å². The van der Waals surface area contributed by atoms with Crippen LogP contribution in [0.5, 0.6) is 5.75 Å². The van der Waals surface area contributed by atoms with Crippen LogP contribution < -0.4 is 10.1 Å². The zero-order chi connectivity index (χ0) is 12.5. The van der Waals surface area contributed by atoms with E-state index < -0.39 is 0 Å². The van der Waals surface area contributed by atoms with Crippen molar-refractivity contribution in [3.05, 3.63) is 29.8 Å². The Morgan fingerprint density at radius 2 is 1.94 bits per heavy atom. The average Bonchev–Trinajstić information content (AvgIpc) is 2.39. The highest BCUT2D eigenvalue weighted by Crippen LogP contribution is 2.12. The molecule has 0 saturated heterocycles. The Balaban J connectivity index is 2.39. The first kappa shape index (κ1) is 14.0. The minimum absolute atomic E-state index is 0.186. The predicted octanol–water partition coefficient (Wildman–Crippen LogP) is 2.34. The molecule has 0 heterocycles. The maximum absolute atomic E-state index is 9.06. The van der Waals surface area contributed by atoms with Crippen LogP contribution in [0.2, 0.25) is 0 Å². The molecule has 0 saturated carbocycles. The summed E-state index contributed by atoms with van der Waals surface area (Å²) in [5.41, 5.74) is 1.21. The highest BCUT2D eigenvalue weighted by Gasteiger charge is 2.03. The Bertz CT molecular complexity index is 294. The lowest BCUT2D eigenvalue weighted by Gasteiger charge is -2.14. The van der Waals surface area contributed by atoms with E-state index in [1.54, 1.807) is 0 Å². The van der Waals surface area contributed by atoms with Crippen LogP contribution in [0, 0.1) is 0 Å². The van der Waals surface area contributed by atoms with Gasteiger partial charge in [-0.1, -0.05) is 26.0 Å². The first-order chi connectivity index (χ1) is 8.30. The lowest BCUT2D eigenvalue weighted by molar-refractivity contribution is 0.238. The van der Waals surface area contributed by atoms with Crippen molar-refractivity contribution in [2.75, 3.05) is 13.2 Å². The van der Waals surface area contributed by atoms with E-state index >= 15 is 0 Å². The fraction of sp³-hybridized carbons (Fsp3) is 0.571. The normalized spacial score (nSPS) is 12.4. The topological polar surface area (TPSA) is 41.5 Å². The molecule has 0 aromatic heterocycles. The van der Waals surface area contributed by atoms with Gasteiger partial charge >= 0.3 is 0 Å². The first-order valence-corrected chi connectivity index (χ1v) is 6.36. The Kier molecular flexibility index (Phi) is 6.67. The fourth-order valence-corrected chi connectivity index (χ4v) is 1.52. The molecule has 0 fully saturated rings. The summed E-state index contributed by atoms with van der Waals surface area (Å²) in [5.74, 6) is 0.921. The van der Waals surface area contributed by atoms with Crippen LogP contribution in [0.1, 0.15) is 32.3 Å². The Morgan fingerprint density at radius 3 is 2.47 bits per heavy atom. The standard InChI is InChI=1S/C14H23NO2/c1-3-9-17-14-7-5-12(6-8-14)10-15-13(4-2)11-16/h5-8,13,15-16H,3-4,9-11H2,1-2H3. The third-order valence-corrected chi connectivity index (χ3v) is 2.70. The van der Waals surface area contributed by atoms with E-state index in [-0.39, 0.29) is 12.6 Å². The summed E-state index contributed by atoms with van der Waals surface area (Å²) >= 11 is 0. The van der Waals surface area contributed by atoms with Gasteiger partial charge in [0.15, 0.2) is 0 Å². The van der Waals surface area contributed by atoms with Crippen molar-refractivity contribution < 1.29 is 9.84 Å². The first-order valence-electron chi connectivity index (χ1n) is 6.36. The summed E-state index contributed by atoms with van der Waals surface area (Å²) in [6.07, 6.45) is 1.96. The van der Waals surface area contributed by atoms with Crippen LogP contribution in [0.3, 0.4) is 0 Å². The van der Waals surface area contributed by atoms with Crippen molar-refractivity contribution in [1.29, 1.82) is 0 Å². The van der Waals surface area contributed by atoms with Gasteiger partial charge in [-0.2, -0.15) is 0 Å². The maximum atomic E-state index is 9.06. The van der Waals surface area contributed by atoms with Gasteiger partial charge in [0.05, 0.1) is 13.2 Å². The van der Waals surface area contributed by atoms with Crippen LogP contribution in [0.25, 0.3) is 0 Å². The molecule has 1 rings (SSSR count). The molecule has 0 aliphatic rings. The molecule has 3 heteroatoms. The van der Waals surface area contributed by atoms with Crippen LogP contribution in [-0.4, -0.2) is 24.4 Å². The van der Waals surface area contributed by atoms with Crippen LogP contribution in [0.15, 0.2) is 24.3 Å². The molecule has 1 atom stereocenters. The summed E-state index contributed by atoms with van der Waals surface area (Å²) in [5, 5.41) is 12.4. The van der Waals surface area contributed by atoms with Crippen LogP contribution in [0.4, 0.5) is 0 Å². The molecule has 1 aromatic rings. The number of hydrogen-bond donors (Lipinski definition) is 2. The summed E-state index contributed by atoms with van der Waals surface area (Å²) in [4.78, 5) is 0. The molecule has 0 spiro atoms.